The van der Waals surface area contributed by atoms with Crippen LogP contribution in [0.4, 0.5) is 0 Å². The van der Waals surface area contributed by atoms with Crippen LogP contribution < -0.4 is 14.2 Å². The topological polar surface area (TPSA) is 60.5 Å². The fourth-order valence-corrected chi connectivity index (χ4v) is 5.01. The monoisotopic (exact) mass is 516 g/mol. The van der Waals surface area contributed by atoms with Crippen LogP contribution in [0.3, 0.4) is 0 Å². The predicted molar refractivity (Wildman–Crippen MR) is 145 cm³/mol. The second-order valence-corrected chi connectivity index (χ2v) is 10.1. The van der Waals surface area contributed by atoms with E-state index in [1.54, 1.807) is 4.90 Å². The molecule has 200 valence electrons. The molecule has 5 rings (SSSR count). The molecule has 2 aliphatic rings. The highest BCUT2D eigenvalue weighted by Crippen LogP contribution is 2.33. The van der Waals surface area contributed by atoms with Gasteiger partial charge in [-0.3, -0.25) is 9.69 Å². The SMILES string of the molecule is Cc1cccc(OC(CN(Cc2ccc3c(c2)OCO3)CC2CCCO2)C(=O)N(C)Cc2ccccc2)c1. The van der Waals surface area contributed by atoms with Gasteiger partial charge in [-0.25, -0.2) is 0 Å². The second-order valence-electron chi connectivity index (χ2n) is 10.1. The molecule has 7 nitrogen and oxygen atoms in total. The quantitative estimate of drug-likeness (QED) is 0.365. The zero-order chi connectivity index (χ0) is 26.3. The summed E-state index contributed by atoms with van der Waals surface area (Å²) in [5.41, 5.74) is 3.25. The molecule has 38 heavy (non-hydrogen) atoms. The van der Waals surface area contributed by atoms with Crippen LogP contribution in [0.2, 0.25) is 0 Å². The second kappa shape index (κ2) is 12.3. The first-order chi connectivity index (χ1) is 18.5. The number of likely N-dealkylation sites (N-methyl/N-ethyl adjacent to an activating group) is 1. The van der Waals surface area contributed by atoms with Crippen molar-refractivity contribution in [2.45, 2.75) is 45.1 Å². The Bertz CT molecular complexity index is 1210. The summed E-state index contributed by atoms with van der Waals surface area (Å²) in [6, 6.07) is 23.9. The minimum atomic E-state index is -0.680. The van der Waals surface area contributed by atoms with E-state index in [1.165, 1.54) is 0 Å². The normalized spacial score (nSPS) is 17.0. The van der Waals surface area contributed by atoms with Gasteiger partial charge in [0.1, 0.15) is 5.75 Å². The highest BCUT2D eigenvalue weighted by atomic mass is 16.7. The molecule has 1 fully saturated rings. The predicted octanol–water partition coefficient (Wildman–Crippen LogP) is 4.81. The molecule has 3 aromatic rings. The van der Waals surface area contributed by atoms with E-state index in [-0.39, 0.29) is 18.8 Å². The van der Waals surface area contributed by atoms with Gasteiger partial charge in [-0.05, 0) is 60.7 Å². The molecule has 2 atom stereocenters. The van der Waals surface area contributed by atoms with E-state index in [1.807, 2.05) is 80.7 Å². The van der Waals surface area contributed by atoms with Crippen molar-refractivity contribution in [1.29, 1.82) is 0 Å². The third-order valence-corrected chi connectivity index (χ3v) is 6.94. The average Bonchev–Trinajstić information content (AvgIpc) is 3.60. The fourth-order valence-electron chi connectivity index (χ4n) is 5.01. The number of hydrogen-bond acceptors (Lipinski definition) is 6. The molecule has 7 heteroatoms. The maximum atomic E-state index is 13.8. The number of aryl methyl sites for hydroxylation is 1. The third-order valence-electron chi connectivity index (χ3n) is 6.94. The summed E-state index contributed by atoms with van der Waals surface area (Å²) in [5.74, 6) is 2.15. The first kappa shape index (κ1) is 26.1. The highest BCUT2D eigenvalue weighted by molar-refractivity contribution is 5.81. The van der Waals surface area contributed by atoms with E-state index < -0.39 is 6.10 Å². The molecule has 0 spiro atoms. The number of rotatable bonds is 11. The lowest BCUT2D eigenvalue weighted by atomic mass is 10.1. The van der Waals surface area contributed by atoms with E-state index in [9.17, 15) is 4.79 Å². The number of nitrogens with zero attached hydrogens (tertiary/aromatic N) is 2. The van der Waals surface area contributed by atoms with E-state index in [0.717, 1.165) is 54.2 Å². The van der Waals surface area contributed by atoms with Gasteiger partial charge in [-0.1, -0.05) is 48.5 Å². The van der Waals surface area contributed by atoms with Crippen molar-refractivity contribution in [3.8, 4) is 17.2 Å². The smallest absolute Gasteiger partial charge is 0.265 e. The van der Waals surface area contributed by atoms with Gasteiger partial charge >= 0.3 is 0 Å². The molecule has 0 aromatic heterocycles. The molecule has 2 aliphatic heterocycles. The van der Waals surface area contributed by atoms with Crippen molar-refractivity contribution in [2.75, 3.05) is 33.5 Å². The molecule has 2 heterocycles. The summed E-state index contributed by atoms with van der Waals surface area (Å²) in [7, 11) is 1.84. The fraction of sp³-hybridized carbons (Fsp3) is 0.387. The van der Waals surface area contributed by atoms with Gasteiger partial charge in [-0.2, -0.15) is 0 Å². The molecular weight excluding hydrogens is 480 g/mol. The van der Waals surface area contributed by atoms with Crippen LogP contribution in [0.1, 0.15) is 29.5 Å². The van der Waals surface area contributed by atoms with Gasteiger partial charge in [0, 0.05) is 39.8 Å². The van der Waals surface area contributed by atoms with Crippen molar-refractivity contribution in [1.82, 2.24) is 9.80 Å². The van der Waals surface area contributed by atoms with Crippen LogP contribution >= 0.6 is 0 Å². The molecule has 1 amide bonds. The lowest BCUT2D eigenvalue weighted by Gasteiger charge is -2.31. The Morgan fingerprint density at radius 3 is 2.61 bits per heavy atom. The van der Waals surface area contributed by atoms with E-state index >= 15 is 0 Å². The van der Waals surface area contributed by atoms with Crippen LogP contribution in [-0.4, -0.2) is 61.5 Å². The largest absolute Gasteiger partial charge is 0.479 e. The van der Waals surface area contributed by atoms with Crippen LogP contribution in [0.25, 0.3) is 0 Å². The van der Waals surface area contributed by atoms with E-state index in [2.05, 4.69) is 11.0 Å². The van der Waals surface area contributed by atoms with Crippen LogP contribution in [0.5, 0.6) is 17.2 Å². The molecule has 0 saturated carbocycles. The van der Waals surface area contributed by atoms with Crippen molar-refractivity contribution < 1.29 is 23.7 Å². The number of ether oxygens (including phenoxy) is 4. The van der Waals surface area contributed by atoms with Gasteiger partial charge in [0.2, 0.25) is 6.79 Å². The number of carbonyl (C=O) groups is 1. The first-order valence-electron chi connectivity index (χ1n) is 13.3. The van der Waals surface area contributed by atoms with Crippen molar-refractivity contribution in [2.24, 2.45) is 0 Å². The minimum absolute atomic E-state index is 0.0570. The Hall–Kier alpha value is -3.55. The Balaban J connectivity index is 1.37. The number of hydrogen-bond donors (Lipinski definition) is 0. The number of fused-ring (bicyclic) bond motifs is 1. The summed E-state index contributed by atoms with van der Waals surface area (Å²) < 4.78 is 23.5. The molecule has 0 N–H and O–H groups in total. The summed E-state index contributed by atoms with van der Waals surface area (Å²) in [4.78, 5) is 17.8. The maximum absolute atomic E-state index is 13.8. The summed E-state index contributed by atoms with van der Waals surface area (Å²) in [6.07, 6.45) is 1.54. The zero-order valence-electron chi connectivity index (χ0n) is 22.2. The minimum Gasteiger partial charge on any atom is -0.479 e. The molecule has 0 radical (unpaired) electrons. The lowest BCUT2D eigenvalue weighted by Crippen LogP contribution is -2.47. The van der Waals surface area contributed by atoms with Gasteiger partial charge in [-0.15, -0.1) is 0 Å². The van der Waals surface area contributed by atoms with E-state index in [4.69, 9.17) is 18.9 Å². The van der Waals surface area contributed by atoms with E-state index in [0.29, 0.717) is 25.4 Å². The van der Waals surface area contributed by atoms with Crippen LogP contribution in [-0.2, 0) is 22.6 Å². The van der Waals surface area contributed by atoms with Gasteiger partial charge in [0.25, 0.3) is 5.91 Å². The van der Waals surface area contributed by atoms with Gasteiger partial charge in [0.15, 0.2) is 17.6 Å². The summed E-state index contributed by atoms with van der Waals surface area (Å²) >= 11 is 0. The van der Waals surface area contributed by atoms with Gasteiger partial charge < -0.3 is 23.8 Å². The van der Waals surface area contributed by atoms with Crippen molar-refractivity contribution in [3.63, 3.8) is 0 Å². The van der Waals surface area contributed by atoms with Crippen molar-refractivity contribution in [3.05, 3.63) is 89.5 Å². The molecule has 3 aromatic carbocycles. The zero-order valence-corrected chi connectivity index (χ0v) is 22.2. The maximum Gasteiger partial charge on any atom is 0.265 e. The highest BCUT2D eigenvalue weighted by Gasteiger charge is 2.29. The number of benzene rings is 3. The summed E-state index contributed by atoms with van der Waals surface area (Å²) in [5, 5.41) is 0. The van der Waals surface area contributed by atoms with Crippen LogP contribution in [0, 0.1) is 6.92 Å². The Morgan fingerprint density at radius 2 is 1.82 bits per heavy atom. The summed E-state index contributed by atoms with van der Waals surface area (Å²) in [6.45, 7) is 5.35. The molecule has 0 aliphatic carbocycles. The third kappa shape index (κ3) is 6.85. The standard InChI is InChI=1S/C31H36N2O5/c1-23-8-6-11-26(16-23)38-30(31(34)32(2)18-24-9-4-3-5-10-24)21-33(20-27-12-7-15-35-27)19-25-13-14-28-29(17-25)37-22-36-28/h3-6,8-11,13-14,16-17,27,30H,7,12,15,18-22H2,1-2H3. The number of amides is 1. The lowest BCUT2D eigenvalue weighted by molar-refractivity contribution is -0.139. The number of carbonyl (C=O) groups excluding carboxylic acids is 1. The average molecular weight is 517 g/mol. The molecule has 2 unspecified atom stereocenters. The first-order valence-corrected chi connectivity index (χ1v) is 13.3. The van der Waals surface area contributed by atoms with Crippen molar-refractivity contribution >= 4 is 5.91 Å². The van der Waals surface area contributed by atoms with Gasteiger partial charge in [0.05, 0.1) is 6.10 Å². The molecule has 0 bridgehead atoms. The molecular formula is C31H36N2O5. The Labute approximate surface area is 224 Å². The Kier molecular flexibility index (Phi) is 8.46. The molecule has 1 saturated heterocycles. The Morgan fingerprint density at radius 1 is 0.974 bits per heavy atom. The van der Waals surface area contributed by atoms with Crippen LogP contribution in [0.15, 0.2) is 72.8 Å².